The Balaban J connectivity index is 1.57. The van der Waals surface area contributed by atoms with Crippen molar-refractivity contribution >= 4 is 5.91 Å². The normalized spacial score (nSPS) is 29.6. The van der Waals surface area contributed by atoms with Gasteiger partial charge in [0.15, 0.2) is 0 Å². The van der Waals surface area contributed by atoms with Crippen molar-refractivity contribution in [1.82, 2.24) is 16.2 Å². The van der Waals surface area contributed by atoms with Gasteiger partial charge in [-0.3, -0.25) is 4.79 Å². The summed E-state index contributed by atoms with van der Waals surface area (Å²) in [5, 5.41) is 3.00. The number of ether oxygens (including phenoxy) is 1. The molecule has 2 aliphatic rings. The van der Waals surface area contributed by atoms with Gasteiger partial charge in [-0.1, -0.05) is 24.3 Å². The lowest BCUT2D eigenvalue weighted by Crippen LogP contribution is -2.47. The molecule has 3 rings (SSSR count). The van der Waals surface area contributed by atoms with E-state index < -0.39 is 0 Å². The van der Waals surface area contributed by atoms with E-state index in [1.165, 1.54) is 11.1 Å². The van der Waals surface area contributed by atoms with Crippen LogP contribution in [0, 0.1) is 6.92 Å². The van der Waals surface area contributed by atoms with Crippen LogP contribution in [0.15, 0.2) is 24.3 Å². The van der Waals surface area contributed by atoms with Gasteiger partial charge in [0.2, 0.25) is 5.91 Å². The van der Waals surface area contributed by atoms with Gasteiger partial charge >= 0.3 is 0 Å². The SMILES string of the molecule is Cc1ccccc1C1CC(NC(=O)C2CCCO2)NN1. The van der Waals surface area contributed by atoms with Crippen molar-refractivity contribution in [2.75, 3.05) is 6.61 Å². The Morgan fingerprint density at radius 2 is 2.20 bits per heavy atom. The summed E-state index contributed by atoms with van der Waals surface area (Å²) in [6.45, 7) is 2.80. The summed E-state index contributed by atoms with van der Waals surface area (Å²) in [6.07, 6.45) is 2.32. The minimum atomic E-state index is -0.269. The van der Waals surface area contributed by atoms with E-state index in [-0.39, 0.29) is 24.2 Å². The third-order valence-corrected chi connectivity index (χ3v) is 4.01. The molecule has 1 aromatic carbocycles. The minimum Gasteiger partial charge on any atom is -0.368 e. The molecule has 0 bridgehead atoms. The molecule has 5 nitrogen and oxygen atoms in total. The van der Waals surface area contributed by atoms with Gasteiger partial charge in [-0.25, -0.2) is 10.9 Å². The Bertz CT molecular complexity index is 486. The Labute approximate surface area is 119 Å². The summed E-state index contributed by atoms with van der Waals surface area (Å²) >= 11 is 0. The van der Waals surface area contributed by atoms with E-state index in [4.69, 9.17) is 4.74 Å². The predicted molar refractivity (Wildman–Crippen MR) is 75.7 cm³/mol. The number of hydrazine groups is 1. The highest BCUT2D eigenvalue weighted by molar-refractivity contribution is 5.81. The molecule has 2 saturated heterocycles. The van der Waals surface area contributed by atoms with Gasteiger partial charge in [0, 0.05) is 19.1 Å². The monoisotopic (exact) mass is 275 g/mol. The van der Waals surface area contributed by atoms with Crippen LogP contribution in [0.3, 0.4) is 0 Å². The zero-order valence-electron chi connectivity index (χ0n) is 11.7. The fourth-order valence-corrected chi connectivity index (χ4v) is 2.88. The molecule has 0 aromatic heterocycles. The number of hydrogen-bond acceptors (Lipinski definition) is 4. The van der Waals surface area contributed by atoms with E-state index in [9.17, 15) is 4.79 Å². The minimum absolute atomic E-state index is 0.00719. The number of carbonyl (C=O) groups excluding carboxylic acids is 1. The second-order valence-electron chi connectivity index (χ2n) is 5.50. The smallest absolute Gasteiger partial charge is 0.250 e. The van der Waals surface area contributed by atoms with Gasteiger partial charge in [0.1, 0.15) is 6.10 Å². The van der Waals surface area contributed by atoms with Crippen molar-refractivity contribution in [3.05, 3.63) is 35.4 Å². The van der Waals surface area contributed by atoms with Crippen molar-refractivity contribution in [3.63, 3.8) is 0 Å². The lowest BCUT2D eigenvalue weighted by Gasteiger charge is -2.15. The topological polar surface area (TPSA) is 62.4 Å². The molecule has 20 heavy (non-hydrogen) atoms. The van der Waals surface area contributed by atoms with Crippen LogP contribution in [-0.4, -0.2) is 24.8 Å². The number of rotatable bonds is 3. The van der Waals surface area contributed by atoms with Crippen molar-refractivity contribution in [2.24, 2.45) is 0 Å². The van der Waals surface area contributed by atoms with Crippen molar-refractivity contribution in [1.29, 1.82) is 0 Å². The number of amides is 1. The molecule has 3 atom stereocenters. The summed E-state index contributed by atoms with van der Waals surface area (Å²) in [6, 6.07) is 8.54. The number of benzene rings is 1. The average molecular weight is 275 g/mol. The van der Waals surface area contributed by atoms with Crippen LogP contribution < -0.4 is 16.2 Å². The highest BCUT2D eigenvalue weighted by Crippen LogP contribution is 2.24. The van der Waals surface area contributed by atoms with Gasteiger partial charge in [-0.2, -0.15) is 0 Å². The van der Waals surface area contributed by atoms with Crippen LogP contribution in [0.2, 0.25) is 0 Å². The Morgan fingerprint density at radius 3 is 2.95 bits per heavy atom. The zero-order valence-corrected chi connectivity index (χ0v) is 11.7. The highest BCUT2D eigenvalue weighted by atomic mass is 16.5. The summed E-state index contributed by atoms with van der Waals surface area (Å²) in [5.41, 5.74) is 8.94. The molecule has 0 aliphatic carbocycles. The van der Waals surface area contributed by atoms with Crippen LogP contribution in [0.1, 0.15) is 36.4 Å². The maximum atomic E-state index is 12.0. The first-order valence-electron chi connectivity index (χ1n) is 7.22. The number of aryl methyl sites for hydroxylation is 1. The first kappa shape index (κ1) is 13.5. The Morgan fingerprint density at radius 1 is 1.35 bits per heavy atom. The first-order chi connectivity index (χ1) is 9.74. The summed E-state index contributed by atoms with van der Waals surface area (Å²) < 4.78 is 5.40. The summed E-state index contributed by atoms with van der Waals surface area (Å²) in [7, 11) is 0. The standard InChI is InChI=1S/C15H21N3O2/c1-10-5-2-3-6-11(10)12-9-14(18-17-12)16-15(19)13-7-4-8-20-13/h2-3,5-6,12-14,17-18H,4,7-9H2,1H3,(H,16,19). The summed E-state index contributed by atoms with van der Waals surface area (Å²) in [5.74, 6) is -0.00719. The third-order valence-electron chi connectivity index (χ3n) is 4.01. The van der Waals surface area contributed by atoms with Crippen LogP contribution in [0.4, 0.5) is 0 Å². The number of hydrogen-bond donors (Lipinski definition) is 3. The van der Waals surface area contributed by atoms with Crippen LogP contribution in [0.5, 0.6) is 0 Å². The van der Waals surface area contributed by atoms with E-state index >= 15 is 0 Å². The second-order valence-corrected chi connectivity index (χ2v) is 5.50. The molecule has 3 unspecified atom stereocenters. The molecule has 1 amide bonds. The van der Waals surface area contributed by atoms with Crippen LogP contribution in [0.25, 0.3) is 0 Å². The van der Waals surface area contributed by atoms with E-state index in [0.29, 0.717) is 6.61 Å². The van der Waals surface area contributed by atoms with Crippen LogP contribution in [-0.2, 0) is 9.53 Å². The fraction of sp³-hybridized carbons (Fsp3) is 0.533. The fourth-order valence-electron chi connectivity index (χ4n) is 2.88. The first-order valence-corrected chi connectivity index (χ1v) is 7.22. The molecule has 0 radical (unpaired) electrons. The van der Waals surface area contributed by atoms with E-state index in [1.54, 1.807) is 0 Å². The van der Waals surface area contributed by atoms with Gasteiger partial charge in [0.05, 0.1) is 6.17 Å². The van der Waals surface area contributed by atoms with Crippen LogP contribution >= 0.6 is 0 Å². The molecule has 108 valence electrons. The van der Waals surface area contributed by atoms with Gasteiger partial charge < -0.3 is 10.1 Å². The molecular formula is C15H21N3O2. The predicted octanol–water partition coefficient (Wildman–Crippen LogP) is 1.16. The quantitative estimate of drug-likeness (QED) is 0.774. The second kappa shape index (κ2) is 5.91. The molecule has 3 N–H and O–H groups in total. The molecule has 5 heteroatoms. The molecular weight excluding hydrogens is 254 g/mol. The largest absolute Gasteiger partial charge is 0.368 e. The van der Waals surface area contributed by atoms with Gasteiger partial charge in [0.25, 0.3) is 0 Å². The van der Waals surface area contributed by atoms with Gasteiger partial charge in [-0.05, 0) is 30.9 Å². The van der Waals surface area contributed by atoms with Crippen molar-refractivity contribution in [2.45, 2.75) is 44.5 Å². The zero-order chi connectivity index (χ0) is 13.9. The number of nitrogens with one attached hydrogen (secondary N) is 3. The third kappa shape index (κ3) is 2.85. The molecule has 2 aliphatic heterocycles. The highest BCUT2D eigenvalue weighted by Gasteiger charge is 2.30. The van der Waals surface area contributed by atoms with E-state index in [2.05, 4.69) is 35.2 Å². The number of carbonyl (C=O) groups is 1. The maximum absolute atomic E-state index is 12.0. The van der Waals surface area contributed by atoms with Gasteiger partial charge in [-0.15, -0.1) is 0 Å². The Kier molecular flexibility index (Phi) is 4.00. The van der Waals surface area contributed by atoms with E-state index in [1.807, 2.05) is 12.1 Å². The molecule has 0 saturated carbocycles. The molecule has 2 heterocycles. The average Bonchev–Trinajstić information content (AvgIpc) is 3.10. The summed E-state index contributed by atoms with van der Waals surface area (Å²) in [4.78, 5) is 12.0. The van der Waals surface area contributed by atoms with E-state index in [0.717, 1.165) is 19.3 Å². The molecule has 2 fully saturated rings. The molecule has 1 aromatic rings. The van der Waals surface area contributed by atoms with Crippen molar-refractivity contribution < 1.29 is 9.53 Å². The Hall–Kier alpha value is -1.43. The lowest BCUT2D eigenvalue weighted by molar-refractivity contribution is -0.130. The molecule has 0 spiro atoms. The lowest BCUT2D eigenvalue weighted by atomic mass is 9.99. The maximum Gasteiger partial charge on any atom is 0.250 e. The van der Waals surface area contributed by atoms with Crippen molar-refractivity contribution in [3.8, 4) is 0 Å².